The molecule has 1 fully saturated rings. The summed E-state index contributed by atoms with van der Waals surface area (Å²) in [5.74, 6) is 0.0462. The number of hydrogen-bond donors (Lipinski definition) is 1. The maximum Gasteiger partial charge on any atom is 0.326 e. The SMILES string of the molecule is C=CC1CC1(NC)C(=O)OC. The number of methoxy groups -OCH3 is 1. The van der Waals surface area contributed by atoms with E-state index in [-0.39, 0.29) is 11.9 Å². The smallest absolute Gasteiger partial charge is 0.326 e. The van der Waals surface area contributed by atoms with Crippen molar-refractivity contribution in [2.24, 2.45) is 5.92 Å². The Bertz CT molecular complexity index is 191. The maximum atomic E-state index is 11.2. The molecule has 0 amide bonds. The summed E-state index contributed by atoms with van der Waals surface area (Å²) in [6, 6.07) is 0. The van der Waals surface area contributed by atoms with Gasteiger partial charge < -0.3 is 10.1 Å². The summed E-state index contributed by atoms with van der Waals surface area (Å²) < 4.78 is 4.65. The van der Waals surface area contributed by atoms with Gasteiger partial charge in [0, 0.05) is 5.92 Å². The van der Waals surface area contributed by atoms with Crippen molar-refractivity contribution in [2.75, 3.05) is 14.2 Å². The van der Waals surface area contributed by atoms with E-state index in [0.29, 0.717) is 0 Å². The monoisotopic (exact) mass is 155 g/mol. The lowest BCUT2D eigenvalue weighted by Gasteiger charge is -2.11. The van der Waals surface area contributed by atoms with Crippen molar-refractivity contribution in [3.63, 3.8) is 0 Å². The van der Waals surface area contributed by atoms with E-state index < -0.39 is 5.54 Å². The molecule has 0 spiro atoms. The van der Waals surface area contributed by atoms with E-state index in [9.17, 15) is 4.79 Å². The third kappa shape index (κ3) is 1.05. The van der Waals surface area contributed by atoms with Crippen LogP contribution < -0.4 is 5.32 Å². The van der Waals surface area contributed by atoms with Crippen LogP contribution in [0, 0.1) is 5.92 Å². The minimum absolute atomic E-state index is 0.190. The van der Waals surface area contributed by atoms with Gasteiger partial charge in [0.25, 0.3) is 0 Å². The number of nitrogens with one attached hydrogen (secondary N) is 1. The minimum Gasteiger partial charge on any atom is -0.468 e. The van der Waals surface area contributed by atoms with Crippen LogP contribution in [-0.4, -0.2) is 25.7 Å². The lowest BCUT2D eigenvalue weighted by Crippen LogP contribution is -2.39. The van der Waals surface area contributed by atoms with Crippen LogP contribution in [0.2, 0.25) is 0 Å². The quantitative estimate of drug-likeness (QED) is 0.471. The lowest BCUT2D eigenvalue weighted by molar-refractivity contribution is -0.144. The Kier molecular flexibility index (Phi) is 2.00. The molecule has 1 N–H and O–H groups in total. The van der Waals surface area contributed by atoms with Gasteiger partial charge in [-0.1, -0.05) is 6.08 Å². The molecule has 1 saturated carbocycles. The number of carbonyl (C=O) groups excluding carboxylic acids is 1. The predicted octanol–water partition coefficient (Wildman–Crippen LogP) is 0.323. The normalized spacial score (nSPS) is 34.5. The molecule has 1 aliphatic carbocycles. The van der Waals surface area contributed by atoms with Crippen molar-refractivity contribution >= 4 is 5.97 Å². The molecule has 0 heterocycles. The van der Waals surface area contributed by atoms with E-state index in [2.05, 4.69) is 16.6 Å². The zero-order valence-electron chi connectivity index (χ0n) is 6.89. The zero-order valence-corrected chi connectivity index (χ0v) is 6.89. The zero-order chi connectivity index (χ0) is 8.48. The summed E-state index contributed by atoms with van der Waals surface area (Å²) in [5.41, 5.74) is -0.462. The first-order valence-corrected chi connectivity index (χ1v) is 3.61. The fourth-order valence-electron chi connectivity index (χ4n) is 1.38. The molecule has 2 atom stereocenters. The molecular weight excluding hydrogens is 142 g/mol. The third-order valence-corrected chi connectivity index (χ3v) is 2.30. The second-order valence-corrected chi connectivity index (χ2v) is 2.76. The second kappa shape index (κ2) is 2.66. The maximum absolute atomic E-state index is 11.2. The Hall–Kier alpha value is -0.830. The summed E-state index contributed by atoms with van der Waals surface area (Å²) in [7, 11) is 3.17. The molecule has 3 heteroatoms. The molecule has 0 saturated heterocycles. The van der Waals surface area contributed by atoms with E-state index in [4.69, 9.17) is 0 Å². The molecule has 0 aliphatic heterocycles. The Morgan fingerprint density at radius 2 is 2.55 bits per heavy atom. The molecule has 0 bridgehead atoms. The molecule has 2 unspecified atom stereocenters. The van der Waals surface area contributed by atoms with Crippen molar-refractivity contribution < 1.29 is 9.53 Å². The van der Waals surface area contributed by atoms with Crippen LogP contribution in [0.3, 0.4) is 0 Å². The molecule has 3 nitrogen and oxygen atoms in total. The first-order valence-electron chi connectivity index (χ1n) is 3.61. The van der Waals surface area contributed by atoms with Gasteiger partial charge in [0.15, 0.2) is 0 Å². The highest BCUT2D eigenvalue weighted by Crippen LogP contribution is 2.44. The summed E-state index contributed by atoms with van der Waals surface area (Å²) >= 11 is 0. The molecule has 1 aliphatic rings. The standard InChI is InChI=1S/C8H13NO2/c1-4-6-5-8(6,9-2)7(10)11-3/h4,6,9H,1,5H2,2-3H3. The van der Waals surface area contributed by atoms with Crippen LogP contribution in [0.4, 0.5) is 0 Å². The number of carbonyl (C=O) groups is 1. The number of rotatable bonds is 3. The van der Waals surface area contributed by atoms with E-state index in [1.54, 1.807) is 13.1 Å². The van der Waals surface area contributed by atoms with Gasteiger partial charge in [0.05, 0.1) is 7.11 Å². The van der Waals surface area contributed by atoms with Crippen molar-refractivity contribution in [3.8, 4) is 0 Å². The molecule has 0 aromatic carbocycles. The first-order chi connectivity index (χ1) is 5.21. The molecule has 11 heavy (non-hydrogen) atoms. The summed E-state index contributed by atoms with van der Waals surface area (Å²) in [4.78, 5) is 11.2. The van der Waals surface area contributed by atoms with Gasteiger partial charge in [0.2, 0.25) is 0 Å². The summed E-state index contributed by atoms with van der Waals surface area (Å²) in [6.45, 7) is 3.63. The fraction of sp³-hybridized carbons (Fsp3) is 0.625. The van der Waals surface area contributed by atoms with Crippen LogP contribution in [0.1, 0.15) is 6.42 Å². The average molecular weight is 155 g/mol. The third-order valence-electron chi connectivity index (χ3n) is 2.30. The minimum atomic E-state index is -0.462. The van der Waals surface area contributed by atoms with Gasteiger partial charge in [-0.3, -0.25) is 4.79 Å². The van der Waals surface area contributed by atoms with E-state index >= 15 is 0 Å². The number of ether oxygens (including phenoxy) is 1. The predicted molar refractivity (Wildman–Crippen MR) is 42.1 cm³/mol. The number of likely N-dealkylation sites (N-methyl/N-ethyl adjacent to an activating group) is 1. The molecule has 0 radical (unpaired) electrons. The topological polar surface area (TPSA) is 38.3 Å². The Balaban J connectivity index is 2.66. The van der Waals surface area contributed by atoms with E-state index in [0.717, 1.165) is 6.42 Å². The highest BCUT2D eigenvalue weighted by molar-refractivity contribution is 5.85. The van der Waals surface area contributed by atoms with Crippen LogP contribution in [-0.2, 0) is 9.53 Å². The van der Waals surface area contributed by atoms with Gasteiger partial charge in [0.1, 0.15) is 5.54 Å². The van der Waals surface area contributed by atoms with Gasteiger partial charge in [-0.25, -0.2) is 0 Å². The fourth-order valence-corrected chi connectivity index (χ4v) is 1.38. The highest BCUT2D eigenvalue weighted by atomic mass is 16.5. The Labute approximate surface area is 66.4 Å². The van der Waals surface area contributed by atoms with Gasteiger partial charge in [-0.05, 0) is 13.5 Å². The van der Waals surface area contributed by atoms with Crippen LogP contribution in [0.15, 0.2) is 12.7 Å². The van der Waals surface area contributed by atoms with E-state index in [1.165, 1.54) is 7.11 Å². The van der Waals surface area contributed by atoms with Crippen LogP contribution in [0.25, 0.3) is 0 Å². The highest BCUT2D eigenvalue weighted by Gasteiger charge is 2.58. The number of hydrogen-bond acceptors (Lipinski definition) is 3. The second-order valence-electron chi connectivity index (χ2n) is 2.76. The molecule has 0 aromatic rings. The molecule has 1 rings (SSSR count). The van der Waals surface area contributed by atoms with Crippen LogP contribution >= 0.6 is 0 Å². The van der Waals surface area contributed by atoms with E-state index in [1.807, 2.05) is 0 Å². The average Bonchev–Trinajstić information content (AvgIpc) is 2.78. The molecule has 62 valence electrons. The Morgan fingerprint density at radius 3 is 2.82 bits per heavy atom. The Morgan fingerprint density at radius 1 is 1.91 bits per heavy atom. The van der Waals surface area contributed by atoms with Gasteiger partial charge in [-0.15, -0.1) is 6.58 Å². The van der Waals surface area contributed by atoms with Crippen LogP contribution in [0.5, 0.6) is 0 Å². The largest absolute Gasteiger partial charge is 0.468 e. The van der Waals surface area contributed by atoms with Gasteiger partial charge >= 0.3 is 5.97 Å². The first kappa shape index (κ1) is 8.27. The summed E-state index contributed by atoms with van der Waals surface area (Å²) in [6.07, 6.45) is 2.59. The molecule has 0 aromatic heterocycles. The van der Waals surface area contributed by atoms with Crippen molar-refractivity contribution in [1.29, 1.82) is 0 Å². The van der Waals surface area contributed by atoms with Crippen molar-refractivity contribution in [3.05, 3.63) is 12.7 Å². The molecular formula is C8H13NO2. The van der Waals surface area contributed by atoms with Crippen molar-refractivity contribution in [2.45, 2.75) is 12.0 Å². The van der Waals surface area contributed by atoms with Crippen molar-refractivity contribution in [1.82, 2.24) is 5.32 Å². The summed E-state index contributed by atoms with van der Waals surface area (Å²) in [5, 5.41) is 2.96. The number of esters is 1. The lowest BCUT2D eigenvalue weighted by atomic mass is 10.2. The van der Waals surface area contributed by atoms with Gasteiger partial charge in [-0.2, -0.15) is 0 Å².